The van der Waals surface area contributed by atoms with Crippen LogP contribution in [-0.2, 0) is 14.4 Å². The van der Waals surface area contributed by atoms with Gasteiger partial charge in [-0.15, -0.1) is 0 Å². The molecule has 0 aromatic heterocycles. The van der Waals surface area contributed by atoms with Crippen molar-refractivity contribution in [3.05, 3.63) is 59.1 Å². The minimum absolute atomic E-state index is 0.116. The molecule has 2 aromatic carbocycles. The smallest absolute Gasteiger partial charge is 0.271 e. The molecule has 0 aliphatic carbocycles. The van der Waals surface area contributed by atoms with E-state index in [4.69, 9.17) is 11.6 Å². The Morgan fingerprint density at radius 3 is 2.61 bits per heavy atom. The van der Waals surface area contributed by atoms with Gasteiger partial charge >= 0.3 is 0 Å². The summed E-state index contributed by atoms with van der Waals surface area (Å²) in [5.41, 5.74) is 2.24. The van der Waals surface area contributed by atoms with Crippen molar-refractivity contribution >= 4 is 46.4 Å². The quantitative estimate of drug-likeness (QED) is 0.810. The number of nitrogens with zero attached hydrogens (tertiary/aromatic N) is 2. The number of hydrogen-bond acceptors (Lipinski definition) is 4. The first-order valence-corrected chi connectivity index (χ1v) is 9.10. The zero-order chi connectivity index (χ0) is 20.1. The number of para-hydroxylation sites is 1. The Balaban J connectivity index is 1.67. The van der Waals surface area contributed by atoms with Crippen LogP contribution < -0.4 is 10.6 Å². The van der Waals surface area contributed by atoms with E-state index in [2.05, 4.69) is 15.7 Å². The minimum Gasteiger partial charge on any atom is -0.324 e. The maximum atomic E-state index is 12.4. The molecule has 3 rings (SSSR count). The highest BCUT2D eigenvalue weighted by atomic mass is 35.5. The Labute approximate surface area is 167 Å². The summed E-state index contributed by atoms with van der Waals surface area (Å²) in [4.78, 5) is 36.8. The highest BCUT2D eigenvalue weighted by molar-refractivity contribution is 6.43. The molecular weight excluding hydrogens is 380 g/mol. The van der Waals surface area contributed by atoms with Crippen LogP contribution in [0.25, 0.3) is 0 Å². The highest BCUT2D eigenvalue weighted by Gasteiger charge is 2.26. The van der Waals surface area contributed by atoms with E-state index in [0.717, 1.165) is 10.6 Å². The fourth-order valence-corrected chi connectivity index (χ4v) is 2.84. The van der Waals surface area contributed by atoms with Crippen LogP contribution in [0.15, 0.2) is 53.6 Å². The van der Waals surface area contributed by atoms with Gasteiger partial charge in [0, 0.05) is 29.2 Å². The molecule has 0 fully saturated rings. The van der Waals surface area contributed by atoms with E-state index in [0.29, 0.717) is 16.4 Å². The van der Waals surface area contributed by atoms with E-state index in [1.54, 1.807) is 42.5 Å². The normalized spacial score (nSPS) is 13.7. The number of carbonyl (C=O) groups excluding carboxylic acids is 3. The van der Waals surface area contributed by atoms with Crippen LogP contribution in [0.4, 0.5) is 11.4 Å². The lowest BCUT2D eigenvalue weighted by atomic mass is 10.1. The number of halogens is 1. The van der Waals surface area contributed by atoms with Crippen LogP contribution in [0, 0.1) is 6.92 Å². The second-order valence-corrected chi connectivity index (χ2v) is 6.76. The highest BCUT2D eigenvalue weighted by Crippen LogP contribution is 2.20. The van der Waals surface area contributed by atoms with Crippen LogP contribution in [-0.4, -0.2) is 35.0 Å². The molecule has 1 heterocycles. The van der Waals surface area contributed by atoms with Gasteiger partial charge < -0.3 is 10.6 Å². The van der Waals surface area contributed by atoms with E-state index >= 15 is 0 Å². The van der Waals surface area contributed by atoms with Crippen LogP contribution in [0.3, 0.4) is 0 Å². The molecule has 0 spiro atoms. The molecule has 0 bridgehead atoms. The number of benzene rings is 2. The second-order valence-electron chi connectivity index (χ2n) is 6.33. The summed E-state index contributed by atoms with van der Waals surface area (Å²) in [7, 11) is 0. The maximum absolute atomic E-state index is 12.4. The molecule has 0 saturated heterocycles. The summed E-state index contributed by atoms with van der Waals surface area (Å²) >= 11 is 5.95. The van der Waals surface area contributed by atoms with Crippen LogP contribution in [0.5, 0.6) is 0 Å². The number of amides is 3. The molecule has 7 nitrogen and oxygen atoms in total. The molecule has 2 aromatic rings. The molecule has 144 valence electrons. The Kier molecular flexibility index (Phi) is 6.06. The summed E-state index contributed by atoms with van der Waals surface area (Å²) in [6, 6.07) is 14.1. The molecule has 1 aliphatic heterocycles. The minimum atomic E-state index is -0.424. The van der Waals surface area contributed by atoms with E-state index in [9.17, 15) is 14.4 Å². The Morgan fingerprint density at radius 2 is 1.86 bits per heavy atom. The number of carbonyl (C=O) groups is 3. The van der Waals surface area contributed by atoms with Gasteiger partial charge in [-0.05, 0) is 36.8 Å². The Bertz CT molecular complexity index is 944. The zero-order valence-corrected chi connectivity index (χ0v) is 16.0. The number of anilines is 2. The molecule has 0 atom stereocenters. The van der Waals surface area contributed by atoms with Crippen molar-refractivity contribution < 1.29 is 14.4 Å². The average molecular weight is 399 g/mol. The third kappa shape index (κ3) is 4.95. The van der Waals surface area contributed by atoms with Crippen molar-refractivity contribution in [3.8, 4) is 0 Å². The molecule has 0 saturated carbocycles. The summed E-state index contributed by atoms with van der Waals surface area (Å²) in [6.45, 7) is 1.55. The summed E-state index contributed by atoms with van der Waals surface area (Å²) in [6.07, 6.45) is 0.341. The summed E-state index contributed by atoms with van der Waals surface area (Å²) in [5.74, 6) is -1.13. The van der Waals surface area contributed by atoms with Crippen molar-refractivity contribution in [1.82, 2.24) is 5.01 Å². The fourth-order valence-electron chi connectivity index (χ4n) is 2.67. The van der Waals surface area contributed by atoms with Gasteiger partial charge in [0.05, 0.1) is 0 Å². The van der Waals surface area contributed by atoms with Gasteiger partial charge in [0.1, 0.15) is 12.3 Å². The van der Waals surface area contributed by atoms with Gasteiger partial charge in [0.2, 0.25) is 11.8 Å². The number of hydrazone groups is 1. The average Bonchev–Trinajstić information content (AvgIpc) is 2.67. The number of nitrogens with one attached hydrogen (secondary N) is 2. The fraction of sp³-hybridized carbons (Fsp3) is 0.200. The predicted molar refractivity (Wildman–Crippen MR) is 108 cm³/mol. The van der Waals surface area contributed by atoms with E-state index in [1.165, 1.54) is 0 Å². The van der Waals surface area contributed by atoms with E-state index < -0.39 is 11.8 Å². The second kappa shape index (κ2) is 8.67. The molecule has 3 amide bonds. The Hall–Kier alpha value is -3.19. The summed E-state index contributed by atoms with van der Waals surface area (Å²) in [5, 5.41) is 11.0. The topological polar surface area (TPSA) is 90.9 Å². The third-order valence-electron chi connectivity index (χ3n) is 4.17. The molecule has 28 heavy (non-hydrogen) atoms. The Morgan fingerprint density at radius 1 is 1.11 bits per heavy atom. The number of hydrogen-bond donors (Lipinski definition) is 2. The lowest BCUT2D eigenvalue weighted by Crippen LogP contribution is -2.40. The van der Waals surface area contributed by atoms with Crippen LogP contribution in [0.2, 0.25) is 5.02 Å². The van der Waals surface area contributed by atoms with Crippen molar-refractivity contribution in [1.29, 1.82) is 0 Å². The van der Waals surface area contributed by atoms with Crippen molar-refractivity contribution in [2.45, 2.75) is 19.8 Å². The molecule has 2 N–H and O–H groups in total. The maximum Gasteiger partial charge on any atom is 0.271 e. The zero-order valence-electron chi connectivity index (χ0n) is 15.2. The summed E-state index contributed by atoms with van der Waals surface area (Å²) < 4.78 is 0. The lowest BCUT2D eigenvalue weighted by molar-refractivity contribution is -0.135. The van der Waals surface area contributed by atoms with Gasteiger partial charge in [-0.2, -0.15) is 5.10 Å². The first-order valence-electron chi connectivity index (χ1n) is 8.72. The van der Waals surface area contributed by atoms with Gasteiger partial charge in [-0.25, -0.2) is 5.01 Å². The van der Waals surface area contributed by atoms with E-state index in [-0.39, 0.29) is 31.0 Å². The molecule has 8 heteroatoms. The van der Waals surface area contributed by atoms with E-state index in [1.807, 2.05) is 13.0 Å². The van der Waals surface area contributed by atoms with Crippen molar-refractivity contribution in [2.75, 3.05) is 17.2 Å². The van der Waals surface area contributed by atoms with Crippen molar-refractivity contribution in [3.63, 3.8) is 0 Å². The van der Waals surface area contributed by atoms with Gasteiger partial charge in [-0.1, -0.05) is 35.9 Å². The molecule has 1 aliphatic rings. The van der Waals surface area contributed by atoms with Gasteiger partial charge in [-0.3, -0.25) is 14.4 Å². The predicted octanol–water partition coefficient (Wildman–Crippen LogP) is 3.20. The first-order chi connectivity index (χ1) is 13.4. The third-order valence-corrected chi connectivity index (χ3v) is 4.40. The SMILES string of the molecule is Cc1ccc(Cl)cc1NC(=O)CN1N=C(C(=O)Nc2ccccc2)CCC1=O. The molecule has 0 radical (unpaired) electrons. The van der Waals surface area contributed by atoms with Gasteiger partial charge in [0.15, 0.2) is 0 Å². The first kappa shape index (κ1) is 19.6. The van der Waals surface area contributed by atoms with Crippen LogP contribution >= 0.6 is 11.6 Å². The lowest BCUT2D eigenvalue weighted by Gasteiger charge is -2.23. The monoisotopic (exact) mass is 398 g/mol. The standard InChI is InChI=1S/C20H19ClN4O3/c1-13-7-8-14(21)11-17(13)23-18(26)12-25-19(27)10-9-16(24-25)20(28)22-15-5-3-2-4-6-15/h2-8,11H,9-10,12H2,1H3,(H,22,28)(H,23,26). The van der Waals surface area contributed by atoms with Gasteiger partial charge in [0.25, 0.3) is 5.91 Å². The number of rotatable bonds is 5. The van der Waals surface area contributed by atoms with Crippen molar-refractivity contribution in [2.24, 2.45) is 5.10 Å². The molecule has 0 unspecified atom stereocenters. The largest absolute Gasteiger partial charge is 0.324 e. The van der Waals surface area contributed by atoms with Crippen LogP contribution in [0.1, 0.15) is 18.4 Å². The number of aryl methyl sites for hydroxylation is 1. The molecular formula is C20H19ClN4O3.